The van der Waals surface area contributed by atoms with Gasteiger partial charge in [-0.25, -0.2) is 0 Å². The summed E-state index contributed by atoms with van der Waals surface area (Å²) in [5.41, 5.74) is 0. The number of hydrogen-bond acceptors (Lipinski definition) is 6. The van der Waals surface area contributed by atoms with Crippen molar-refractivity contribution in [3.05, 3.63) is 0 Å². The Bertz CT molecular complexity index is 176. The van der Waals surface area contributed by atoms with Gasteiger partial charge in [0.05, 0.1) is 26.2 Å². The molecular formula is C12H28N4O4. The van der Waals surface area contributed by atoms with E-state index in [1.165, 1.54) is 52.4 Å². The van der Waals surface area contributed by atoms with Gasteiger partial charge in [0.2, 0.25) is 0 Å². The molecule has 0 radical (unpaired) electrons. The Balaban J connectivity index is 0. The predicted molar refractivity (Wildman–Crippen MR) is 70.4 cm³/mol. The number of quaternary nitrogens is 2. The number of carboxylic acid groups (broad SMARTS) is 2. The lowest BCUT2D eigenvalue weighted by molar-refractivity contribution is -0.657. The van der Waals surface area contributed by atoms with E-state index in [0.29, 0.717) is 0 Å². The van der Waals surface area contributed by atoms with E-state index in [2.05, 4.69) is 21.3 Å². The van der Waals surface area contributed by atoms with Crippen molar-refractivity contribution in [2.24, 2.45) is 0 Å². The molecule has 2 aliphatic rings. The number of carbonyl (C=O) groups excluding carboxylic acids is 2. The van der Waals surface area contributed by atoms with Gasteiger partial charge in [-0.3, -0.25) is 0 Å². The normalized spacial score (nSPS) is 16.9. The largest absolute Gasteiger partial charge is 0.550 e. The minimum Gasteiger partial charge on any atom is -0.550 e. The molecule has 0 saturated carbocycles. The lowest BCUT2D eigenvalue weighted by atomic mass is 10.4. The summed E-state index contributed by atoms with van der Waals surface area (Å²) in [4.78, 5) is 17.8. The van der Waals surface area contributed by atoms with E-state index >= 15 is 0 Å². The molecule has 2 saturated heterocycles. The minimum absolute atomic E-state index is 0.972. The Morgan fingerprint density at radius 3 is 1.00 bits per heavy atom. The van der Waals surface area contributed by atoms with E-state index in [1.807, 2.05) is 0 Å². The molecule has 20 heavy (non-hydrogen) atoms. The molecule has 0 atom stereocenters. The Kier molecular flexibility index (Phi) is 18.7. The molecule has 2 heterocycles. The number of nitrogens with one attached hydrogen (secondary N) is 2. The zero-order chi connectivity index (χ0) is 15.6. The van der Waals surface area contributed by atoms with Crippen LogP contribution in [0.2, 0.25) is 0 Å². The summed E-state index contributed by atoms with van der Waals surface area (Å²) < 4.78 is 0. The SMILES string of the molecule is C1C[NH2+]CCN1.C1C[NH2+]CCN1.CC(=O)[O-].CC(=O)[O-]. The van der Waals surface area contributed by atoms with Crippen LogP contribution in [0.15, 0.2) is 0 Å². The monoisotopic (exact) mass is 292 g/mol. The van der Waals surface area contributed by atoms with E-state index in [0.717, 1.165) is 13.8 Å². The van der Waals surface area contributed by atoms with Crippen LogP contribution < -0.4 is 31.5 Å². The Morgan fingerprint density at radius 1 is 0.750 bits per heavy atom. The maximum atomic E-state index is 8.89. The molecule has 0 spiro atoms. The van der Waals surface area contributed by atoms with Gasteiger partial charge in [0, 0.05) is 38.1 Å². The van der Waals surface area contributed by atoms with Crippen LogP contribution in [0.25, 0.3) is 0 Å². The molecule has 0 bridgehead atoms. The van der Waals surface area contributed by atoms with E-state index < -0.39 is 11.9 Å². The Hall–Kier alpha value is -1.22. The van der Waals surface area contributed by atoms with Crippen LogP contribution in [0.3, 0.4) is 0 Å². The van der Waals surface area contributed by atoms with Crippen molar-refractivity contribution in [2.75, 3.05) is 52.4 Å². The zero-order valence-electron chi connectivity index (χ0n) is 12.4. The van der Waals surface area contributed by atoms with Crippen molar-refractivity contribution in [1.29, 1.82) is 0 Å². The molecule has 2 rings (SSSR count). The lowest BCUT2D eigenvalue weighted by Gasteiger charge is -2.07. The molecule has 8 heteroatoms. The second-order valence-corrected chi connectivity index (χ2v) is 4.22. The van der Waals surface area contributed by atoms with Gasteiger partial charge in [-0.05, 0) is 13.8 Å². The lowest BCUT2D eigenvalue weighted by Crippen LogP contribution is -2.89. The first kappa shape index (κ1) is 21.1. The van der Waals surface area contributed by atoms with Crippen molar-refractivity contribution in [2.45, 2.75) is 13.8 Å². The number of piperazine rings is 2. The molecule has 2 fully saturated rings. The number of aliphatic carboxylic acids is 2. The molecule has 0 aromatic carbocycles. The summed E-state index contributed by atoms with van der Waals surface area (Å²) in [6.45, 7) is 11.8. The van der Waals surface area contributed by atoms with E-state index in [-0.39, 0.29) is 0 Å². The maximum Gasteiger partial charge on any atom is 0.0882 e. The highest BCUT2D eigenvalue weighted by molar-refractivity contribution is 5.60. The van der Waals surface area contributed by atoms with Crippen molar-refractivity contribution in [3.8, 4) is 0 Å². The average Bonchev–Trinajstić information content (AvgIpc) is 2.42. The second-order valence-electron chi connectivity index (χ2n) is 4.22. The smallest absolute Gasteiger partial charge is 0.0882 e. The van der Waals surface area contributed by atoms with Crippen LogP contribution in [0.4, 0.5) is 0 Å². The van der Waals surface area contributed by atoms with Crippen molar-refractivity contribution < 1.29 is 30.4 Å². The standard InChI is InChI=1S/2C4H10N2.2C2H4O2/c2*1-2-6-4-3-5-1;2*1-2(3)4/h2*5-6H,1-4H2;2*1H3,(H,3,4). The summed E-state index contributed by atoms with van der Waals surface area (Å²) in [5.74, 6) is -2.17. The third-order valence-electron chi connectivity index (χ3n) is 2.10. The van der Waals surface area contributed by atoms with Crippen molar-refractivity contribution >= 4 is 11.9 Å². The molecule has 2 aliphatic heterocycles. The highest BCUT2D eigenvalue weighted by Crippen LogP contribution is 1.55. The van der Waals surface area contributed by atoms with Crippen LogP contribution in [-0.4, -0.2) is 64.3 Å². The second kappa shape index (κ2) is 17.8. The van der Waals surface area contributed by atoms with Gasteiger partial charge in [-0.1, -0.05) is 0 Å². The van der Waals surface area contributed by atoms with Gasteiger partial charge in [0.25, 0.3) is 0 Å². The van der Waals surface area contributed by atoms with Gasteiger partial charge < -0.3 is 41.1 Å². The van der Waals surface area contributed by atoms with Gasteiger partial charge >= 0.3 is 0 Å². The highest BCUT2D eigenvalue weighted by atomic mass is 16.4. The number of carbonyl (C=O) groups is 2. The summed E-state index contributed by atoms with van der Waals surface area (Å²) in [6.07, 6.45) is 0. The number of carboxylic acids is 2. The summed E-state index contributed by atoms with van der Waals surface area (Å²) in [7, 11) is 0. The van der Waals surface area contributed by atoms with E-state index in [4.69, 9.17) is 19.8 Å². The average molecular weight is 292 g/mol. The van der Waals surface area contributed by atoms with E-state index in [1.54, 1.807) is 0 Å². The molecule has 0 unspecified atom stereocenters. The molecular weight excluding hydrogens is 264 g/mol. The molecule has 0 amide bonds. The fourth-order valence-electron chi connectivity index (χ4n) is 1.36. The minimum atomic E-state index is -1.08. The third-order valence-corrected chi connectivity index (χ3v) is 2.10. The summed E-state index contributed by atoms with van der Waals surface area (Å²) in [6, 6.07) is 0. The molecule has 120 valence electrons. The van der Waals surface area contributed by atoms with Crippen LogP contribution in [0.1, 0.15) is 13.8 Å². The van der Waals surface area contributed by atoms with Crippen molar-refractivity contribution in [1.82, 2.24) is 10.6 Å². The van der Waals surface area contributed by atoms with Crippen LogP contribution in [0, 0.1) is 0 Å². The Morgan fingerprint density at radius 2 is 0.950 bits per heavy atom. The number of rotatable bonds is 0. The molecule has 8 nitrogen and oxygen atoms in total. The fraction of sp³-hybridized carbons (Fsp3) is 0.833. The number of nitrogens with two attached hydrogens (primary N) is 2. The van der Waals surface area contributed by atoms with Gasteiger partial charge in [-0.15, -0.1) is 0 Å². The summed E-state index contributed by atoms with van der Waals surface area (Å²) in [5, 5.41) is 28.9. The topological polar surface area (TPSA) is 138 Å². The quantitative estimate of drug-likeness (QED) is 0.350. The van der Waals surface area contributed by atoms with E-state index in [9.17, 15) is 0 Å². The first-order valence-electron chi connectivity index (χ1n) is 6.86. The number of hydrogen-bond donors (Lipinski definition) is 4. The maximum absolute atomic E-state index is 8.89. The summed E-state index contributed by atoms with van der Waals surface area (Å²) >= 11 is 0. The first-order chi connectivity index (χ1) is 9.46. The molecule has 0 aromatic heterocycles. The Labute approximate surface area is 120 Å². The molecule has 0 aliphatic carbocycles. The zero-order valence-corrected chi connectivity index (χ0v) is 12.4. The van der Waals surface area contributed by atoms with Gasteiger partial charge in [0.15, 0.2) is 0 Å². The fourth-order valence-corrected chi connectivity index (χ4v) is 1.36. The van der Waals surface area contributed by atoms with Crippen LogP contribution in [0.5, 0.6) is 0 Å². The van der Waals surface area contributed by atoms with Gasteiger partial charge in [-0.2, -0.15) is 0 Å². The third kappa shape index (κ3) is 36.0. The predicted octanol–water partition coefficient (Wildman–Crippen LogP) is -6.18. The molecule has 6 N–H and O–H groups in total. The van der Waals surface area contributed by atoms with Crippen LogP contribution in [-0.2, 0) is 9.59 Å². The highest BCUT2D eigenvalue weighted by Gasteiger charge is 1.96. The van der Waals surface area contributed by atoms with Crippen LogP contribution >= 0.6 is 0 Å². The molecule has 0 aromatic rings. The van der Waals surface area contributed by atoms with Crippen molar-refractivity contribution in [3.63, 3.8) is 0 Å². The van der Waals surface area contributed by atoms with Gasteiger partial charge in [0.1, 0.15) is 0 Å². The first-order valence-corrected chi connectivity index (χ1v) is 6.86.